The van der Waals surface area contributed by atoms with E-state index in [1.165, 1.54) is 37.3 Å². The van der Waals surface area contributed by atoms with Gasteiger partial charge in [-0.2, -0.15) is 0 Å². The molecule has 0 aliphatic heterocycles. The summed E-state index contributed by atoms with van der Waals surface area (Å²) in [7, 11) is 2.88. The molecule has 1 heterocycles. The van der Waals surface area contributed by atoms with E-state index in [-0.39, 0.29) is 11.9 Å². The van der Waals surface area contributed by atoms with Gasteiger partial charge in [-0.1, -0.05) is 42.2 Å². The number of rotatable bonds is 10. The summed E-state index contributed by atoms with van der Waals surface area (Å²) in [6.07, 6.45) is 0.855. The lowest BCUT2D eigenvalue weighted by molar-refractivity contribution is 0.0600. The Hall–Kier alpha value is -2.63. The van der Waals surface area contributed by atoms with Gasteiger partial charge in [0.15, 0.2) is 15.8 Å². The van der Waals surface area contributed by atoms with Crippen molar-refractivity contribution in [1.82, 2.24) is 10.2 Å². The minimum absolute atomic E-state index is 0.331. The van der Waals surface area contributed by atoms with Crippen molar-refractivity contribution in [1.29, 1.82) is 0 Å². The molecule has 1 amide bonds. The molecule has 0 atom stereocenters. The topological polar surface area (TPSA) is 99.6 Å². The fourth-order valence-corrected chi connectivity index (χ4v) is 4.94. The maximum Gasteiger partial charge on any atom is 0.337 e. The maximum absolute atomic E-state index is 12.7. The van der Waals surface area contributed by atoms with Crippen LogP contribution in [0.15, 0.2) is 45.2 Å². The van der Waals surface area contributed by atoms with Crippen molar-refractivity contribution in [2.24, 2.45) is 0 Å². The first-order valence-electron chi connectivity index (χ1n) is 9.90. The largest absolute Gasteiger partial charge is 0.493 e. The zero-order chi connectivity index (χ0) is 23.8. The number of carbonyl (C=O) groups excluding carboxylic acids is 2. The fourth-order valence-electron chi connectivity index (χ4n) is 2.68. The number of thioether (sulfide) groups is 1. The molecule has 3 rings (SSSR count). The summed E-state index contributed by atoms with van der Waals surface area (Å²) in [4.78, 5) is 24.2. The van der Waals surface area contributed by atoms with Gasteiger partial charge < -0.3 is 14.2 Å². The van der Waals surface area contributed by atoms with E-state index in [1.807, 2.05) is 19.1 Å². The standard InChI is InChI=1S/C22H22BrN3O5S2/c1-4-9-31-18-16(23)10-15(11-17(18)29-2)19(27)24-21-25-26-22(33-21)32-12-13-5-7-14(8-6-13)20(28)30-3/h5-8,10-11H,4,9,12H2,1-3H3,(H,24,25,27). The number of aromatic nitrogens is 2. The summed E-state index contributed by atoms with van der Waals surface area (Å²) in [5, 5.41) is 11.3. The van der Waals surface area contributed by atoms with Gasteiger partial charge in [-0.25, -0.2) is 4.79 Å². The molecule has 0 aliphatic rings. The van der Waals surface area contributed by atoms with Crippen LogP contribution in [-0.4, -0.2) is 42.9 Å². The monoisotopic (exact) mass is 551 g/mol. The van der Waals surface area contributed by atoms with Gasteiger partial charge in [-0.3, -0.25) is 10.1 Å². The van der Waals surface area contributed by atoms with Crippen molar-refractivity contribution in [2.75, 3.05) is 26.1 Å². The van der Waals surface area contributed by atoms with E-state index in [4.69, 9.17) is 14.2 Å². The summed E-state index contributed by atoms with van der Waals surface area (Å²) < 4.78 is 17.1. The van der Waals surface area contributed by atoms with E-state index >= 15 is 0 Å². The van der Waals surface area contributed by atoms with Gasteiger partial charge in [0, 0.05) is 11.3 Å². The van der Waals surface area contributed by atoms with Crippen LogP contribution in [0.5, 0.6) is 11.5 Å². The molecule has 0 bridgehead atoms. The number of methoxy groups -OCH3 is 2. The highest BCUT2D eigenvalue weighted by molar-refractivity contribution is 9.10. The van der Waals surface area contributed by atoms with Crippen LogP contribution in [0.1, 0.15) is 39.6 Å². The zero-order valence-electron chi connectivity index (χ0n) is 18.2. The van der Waals surface area contributed by atoms with Gasteiger partial charge in [0.2, 0.25) is 5.13 Å². The van der Waals surface area contributed by atoms with Crippen LogP contribution in [0.3, 0.4) is 0 Å². The molecule has 0 unspecified atom stereocenters. The summed E-state index contributed by atoms with van der Waals surface area (Å²) in [6.45, 7) is 2.55. The van der Waals surface area contributed by atoms with Crippen LogP contribution in [0.2, 0.25) is 0 Å². The van der Waals surface area contributed by atoms with Crippen molar-refractivity contribution in [3.05, 3.63) is 57.6 Å². The van der Waals surface area contributed by atoms with Gasteiger partial charge >= 0.3 is 5.97 Å². The molecule has 0 saturated heterocycles. The zero-order valence-corrected chi connectivity index (χ0v) is 21.4. The third-order valence-corrected chi connectivity index (χ3v) is 6.94. The Morgan fingerprint density at radius 3 is 2.55 bits per heavy atom. The highest BCUT2D eigenvalue weighted by Crippen LogP contribution is 2.37. The first kappa shape index (κ1) is 25.0. The van der Waals surface area contributed by atoms with E-state index in [0.717, 1.165) is 12.0 Å². The van der Waals surface area contributed by atoms with Gasteiger partial charge in [0.1, 0.15) is 0 Å². The van der Waals surface area contributed by atoms with Crippen molar-refractivity contribution in [3.63, 3.8) is 0 Å². The van der Waals surface area contributed by atoms with Crippen LogP contribution in [0.4, 0.5) is 5.13 Å². The molecule has 1 aromatic heterocycles. The molecule has 1 N–H and O–H groups in total. The van der Waals surface area contributed by atoms with E-state index in [9.17, 15) is 9.59 Å². The average Bonchev–Trinajstić information content (AvgIpc) is 3.28. The quantitative estimate of drug-likeness (QED) is 0.202. The molecule has 174 valence electrons. The van der Waals surface area contributed by atoms with Crippen LogP contribution in [0.25, 0.3) is 0 Å². The lowest BCUT2D eigenvalue weighted by atomic mass is 10.1. The first-order valence-corrected chi connectivity index (χ1v) is 12.5. The predicted octanol–water partition coefficient (Wildman–Crippen LogP) is 5.43. The number of hydrogen-bond acceptors (Lipinski definition) is 9. The van der Waals surface area contributed by atoms with Crippen LogP contribution >= 0.6 is 39.0 Å². The van der Waals surface area contributed by atoms with Crippen LogP contribution in [0, 0.1) is 0 Å². The predicted molar refractivity (Wildman–Crippen MR) is 132 cm³/mol. The van der Waals surface area contributed by atoms with Crippen LogP contribution < -0.4 is 14.8 Å². The SMILES string of the molecule is CCCOc1c(Br)cc(C(=O)Nc2nnc(SCc3ccc(C(=O)OC)cc3)s2)cc1OC. The van der Waals surface area contributed by atoms with E-state index < -0.39 is 0 Å². The number of nitrogens with one attached hydrogen (secondary N) is 1. The second-order valence-corrected chi connectivity index (χ2v) is 9.70. The van der Waals surface area contributed by atoms with Crippen molar-refractivity contribution in [2.45, 2.75) is 23.4 Å². The Morgan fingerprint density at radius 2 is 1.88 bits per heavy atom. The molecule has 0 spiro atoms. The number of hydrogen-bond donors (Lipinski definition) is 1. The first-order chi connectivity index (χ1) is 15.9. The molecule has 3 aromatic rings. The minimum atomic E-state index is -0.369. The average molecular weight is 552 g/mol. The summed E-state index contributed by atoms with van der Waals surface area (Å²) >= 11 is 6.22. The number of anilines is 1. The Labute approximate surface area is 208 Å². The maximum atomic E-state index is 12.7. The lowest BCUT2D eigenvalue weighted by Crippen LogP contribution is -2.12. The van der Waals surface area contributed by atoms with Gasteiger partial charge in [0.05, 0.1) is 30.9 Å². The summed E-state index contributed by atoms with van der Waals surface area (Å²) in [5.74, 6) is 0.973. The Kier molecular flexibility index (Phi) is 9.10. The second kappa shape index (κ2) is 12.0. The highest BCUT2D eigenvalue weighted by Gasteiger charge is 2.17. The number of esters is 1. The molecule has 11 heteroatoms. The van der Waals surface area contributed by atoms with E-state index in [2.05, 4.69) is 31.4 Å². The number of halogens is 1. The molecule has 0 saturated carbocycles. The Bertz CT molecular complexity index is 1120. The molecule has 0 radical (unpaired) electrons. The van der Waals surface area contributed by atoms with Crippen molar-refractivity contribution in [3.8, 4) is 11.5 Å². The van der Waals surface area contributed by atoms with E-state index in [1.54, 1.807) is 24.3 Å². The highest BCUT2D eigenvalue weighted by atomic mass is 79.9. The number of benzene rings is 2. The smallest absolute Gasteiger partial charge is 0.337 e. The van der Waals surface area contributed by atoms with E-state index in [0.29, 0.717) is 48.9 Å². The number of amides is 1. The Morgan fingerprint density at radius 1 is 1.12 bits per heavy atom. The molecular weight excluding hydrogens is 530 g/mol. The van der Waals surface area contributed by atoms with Crippen LogP contribution in [-0.2, 0) is 10.5 Å². The van der Waals surface area contributed by atoms with Crippen molar-refractivity contribution < 1.29 is 23.8 Å². The van der Waals surface area contributed by atoms with Gasteiger partial charge in [-0.15, -0.1) is 10.2 Å². The lowest BCUT2D eigenvalue weighted by Gasteiger charge is -2.13. The normalized spacial score (nSPS) is 10.5. The Balaban J connectivity index is 1.61. The fraction of sp³-hybridized carbons (Fsp3) is 0.273. The third kappa shape index (κ3) is 6.68. The summed E-state index contributed by atoms with van der Waals surface area (Å²) in [5.41, 5.74) is 1.92. The number of ether oxygens (including phenoxy) is 3. The number of carbonyl (C=O) groups is 2. The molecule has 33 heavy (non-hydrogen) atoms. The van der Waals surface area contributed by atoms with Gasteiger partial charge in [-0.05, 0) is 52.2 Å². The third-order valence-electron chi connectivity index (χ3n) is 4.31. The van der Waals surface area contributed by atoms with Gasteiger partial charge in [0.25, 0.3) is 5.91 Å². The summed E-state index contributed by atoms with van der Waals surface area (Å²) in [6, 6.07) is 10.5. The number of nitrogens with zero attached hydrogens (tertiary/aromatic N) is 2. The molecular formula is C22H22BrN3O5S2. The minimum Gasteiger partial charge on any atom is -0.493 e. The molecule has 8 nitrogen and oxygen atoms in total. The van der Waals surface area contributed by atoms with Crippen molar-refractivity contribution >= 4 is 56.0 Å². The molecule has 2 aromatic carbocycles. The molecule has 0 aliphatic carbocycles. The second-order valence-electron chi connectivity index (χ2n) is 6.64. The molecule has 0 fully saturated rings.